The van der Waals surface area contributed by atoms with E-state index in [9.17, 15) is 9.90 Å². The Kier molecular flexibility index (Phi) is 3.53. The second-order valence-electron chi connectivity index (χ2n) is 3.72. The van der Waals surface area contributed by atoms with E-state index >= 15 is 0 Å². The minimum atomic E-state index is -0.153. The summed E-state index contributed by atoms with van der Waals surface area (Å²) in [5.41, 5.74) is 0.973. The van der Waals surface area contributed by atoms with E-state index in [0.717, 1.165) is 0 Å². The van der Waals surface area contributed by atoms with Crippen LogP contribution in [0.2, 0.25) is 5.02 Å². The van der Waals surface area contributed by atoms with Crippen LogP contribution < -0.4 is 4.74 Å². The lowest BCUT2D eigenvalue weighted by molar-refractivity contribution is 0.103. The van der Waals surface area contributed by atoms with Gasteiger partial charge in [0.15, 0.2) is 5.78 Å². The van der Waals surface area contributed by atoms with Crippen LogP contribution in [0, 0.1) is 0 Å². The number of hydrogen-bond acceptors (Lipinski definition) is 3. The van der Waals surface area contributed by atoms with E-state index in [0.29, 0.717) is 16.9 Å². The van der Waals surface area contributed by atoms with Crippen molar-refractivity contribution < 1.29 is 14.6 Å². The molecule has 0 aliphatic rings. The highest BCUT2D eigenvalue weighted by Crippen LogP contribution is 2.25. The van der Waals surface area contributed by atoms with E-state index in [1.807, 2.05) is 0 Å². The second kappa shape index (κ2) is 5.10. The Morgan fingerprint density at radius 1 is 1.11 bits per heavy atom. The fourth-order valence-corrected chi connectivity index (χ4v) is 1.74. The molecule has 92 valence electrons. The van der Waals surface area contributed by atoms with Crippen molar-refractivity contribution >= 4 is 17.4 Å². The molecule has 0 aliphatic heterocycles. The fourth-order valence-electron chi connectivity index (χ4n) is 1.56. The summed E-state index contributed by atoms with van der Waals surface area (Å²) in [6.07, 6.45) is 0. The highest BCUT2D eigenvalue weighted by molar-refractivity contribution is 6.32. The van der Waals surface area contributed by atoms with Crippen LogP contribution in [0.4, 0.5) is 0 Å². The molecule has 0 spiro atoms. The summed E-state index contributed by atoms with van der Waals surface area (Å²) in [5, 5.41) is 9.47. The van der Waals surface area contributed by atoms with Crippen molar-refractivity contribution in [1.29, 1.82) is 0 Å². The Bertz CT molecular complexity index is 576. The molecular weight excluding hydrogens is 252 g/mol. The van der Waals surface area contributed by atoms with Crippen molar-refractivity contribution in [2.24, 2.45) is 0 Å². The molecule has 0 amide bonds. The standard InChI is InChI=1S/C14H11ClO3/c1-18-11-5-2-9(3-6-11)14(17)10-4-7-13(16)12(15)8-10/h2-8,16H,1H3. The van der Waals surface area contributed by atoms with E-state index in [1.54, 1.807) is 31.4 Å². The normalized spacial score (nSPS) is 10.1. The van der Waals surface area contributed by atoms with E-state index in [-0.39, 0.29) is 16.6 Å². The summed E-state index contributed by atoms with van der Waals surface area (Å²) in [6.45, 7) is 0. The number of benzene rings is 2. The van der Waals surface area contributed by atoms with Crippen LogP contribution in [0.15, 0.2) is 42.5 Å². The first kappa shape index (κ1) is 12.5. The van der Waals surface area contributed by atoms with E-state index in [1.165, 1.54) is 18.2 Å². The van der Waals surface area contributed by atoms with Gasteiger partial charge in [0, 0.05) is 11.1 Å². The molecule has 0 aromatic heterocycles. The molecule has 4 heteroatoms. The molecule has 0 saturated heterocycles. The third-order valence-corrected chi connectivity index (χ3v) is 2.86. The first-order valence-corrected chi connectivity index (χ1v) is 5.67. The predicted molar refractivity (Wildman–Crippen MR) is 69.5 cm³/mol. The summed E-state index contributed by atoms with van der Waals surface area (Å²) in [6, 6.07) is 11.2. The zero-order chi connectivity index (χ0) is 13.1. The summed E-state index contributed by atoms with van der Waals surface area (Å²) >= 11 is 5.77. The summed E-state index contributed by atoms with van der Waals surface area (Å²) in [4.78, 5) is 12.1. The number of halogens is 1. The van der Waals surface area contributed by atoms with Crippen LogP contribution in [0.3, 0.4) is 0 Å². The molecule has 18 heavy (non-hydrogen) atoms. The Balaban J connectivity index is 2.32. The van der Waals surface area contributed by atoms with Gasteiger partial charge in [-0.25, -0.2) is 0 Å². The van der Waals surface area contributed by atoms with Crippen molar-refractivity contribution in [2.75, 3.05) is 7.11 Å². The van der Waals surface area contributed by atoms with Gasteiger partial charge in [-0.15, -0.1) is 0 Å². The first-order valence-electron chi connectivity index (χ1n) is 5.29. The lowest BCUT2D eigenvalue weighted by Crippen LogP contribution is -2.01. The smallest absolute Gasteiger partial charge is 0.193 e. The molecule has 0 bridgehead atoms. The maximum atomic E-state index is 12.1. The number of rotatable bonds is 3. The Labute approximate surface area is 110 Å². The molecule has 0 unspecified atom stereocenters. The number of hydrogen-bond donors (Lipinski definition) is 1. The van der Waals surface area contributed by atoms with Gasteiger partial charge in [0.25, 0.3) is 0 Å². The van der Waals surface area contributed by atoms with Gasteiger partial charge >= 0.3 is 0 Å². The molecule has 0 saturated carbocycles. The van der Waals surface area contributed by atoms with Gasteiger partial charge in [0.1, 0.15) is 11.5 Å². The lowest BCUT2D eigenvalue weighted by atomic mass is 10.0. The number of carbonyl (C=O) groups excluding carboxylic acids is 1. The van der Waals surface area contributed by atoms with Crippen LogP contribution in [0.5, 0.6) is 11.5 Å². The van der Waals surface area contributed by atoms with Crippen LogP contribution in [-0.4, -0.2) is 18.0 Å². The molecule has 1 N–H and O–H groups in total. The van der Waals surface area contributed by atoms with Crippen molar-refractivity contribution in [2.45, 2.75) is 0 Å². The fraction of sp³-hybridized carbons (Fsp3) is 0.0714. The van der Waals surface area contributed by atoms with Crippen LogP contribution in [0.25, 0.3) is 0 Å². The second-order valence-corrected chi connectivity index (χ2v) is 4.13. The topological polar surface area (TPSA) is 46.5 Å². The molecule has 0 fully saturated rings. The Hall–Kier alpha value is -2.00. The van der Waals surface area contributed by atoms with Crippen LogP contribution in [0.1, 0.15) is 15.9 Å². The number of phenols is 1. The largest absolute Gasteiger partial charge is 0.506 e. The maximum Gasteiger partial charge on any atom is 0.193 e. The van der Waals surface area contributed by atoms with E-state index in [2.05, 4.69) is 0 Å². The van der Waals surface area contributed by atoms with Gasteiger partial charge in [-0.1, -0.05) is 11.6 Å². The van der Waals surface area contributed by atoms with Crippen LogP contribution in [-0.2, 0) is 0 Å². The number of ether oxygens (including phenoxy) is 1. The van der Waals surface area contributed by atoms with Gasteiger partial charge in [0.05, 0.1) is 12.1 Å². The monoisotopic (exact) mass is 262 g/mol. The molecule has 0 atom stereocenters. The first-order chi connectivity index (χ1) is 8.61. The predicted octanol–water partition coefficient (Wildman–Crippen LogP) is 3.29. The van der Waals surface area contributed by atoms with Gasteiger partial charge in [-0.05, 0) is 42.5 Å². The minimum absolute atomic E-state index is 0.0389. The van der Waals surface area contributed by atoms with Crippen molar-refractivity contribution in [1.82, 2.24) is 0 Å². The molecule has 2 aromatic carbocycles. The number of methoxy groups -OCH3 is 1. The average molecular weight is 263 g/mol. The maximum absolute atomic E-state index is 12.1. The minimum Gasteiger partial charge on any atom is -0.506 e. The molecule has 2 aromatic rings. The number of aromatic hydroxyl groups is 1. The zero-order valence-electron chi connectivity index (χ0n) is 9.68. The highest BCUT2D eigenvalue weighted by Gasteiger charge is 2.11. The SMILES string of the molecule is COc1ccc(C(=O)c2ccc(O)c(Cl)c2)cc1. The van der Waals surface area contributed by atoms with Crippen molar-refractivity contribution in [3.8, 4) is 11.5 Å². The zero-order valence-corrected chi connectivity index (χ0v) is 10.4. The van der Waals surface area contributed by atoms with Gasteiger partial charge < -0.3 is 9.84 Å². The van der Waals surface area contributed by atoms with Gasteiger partial charge in [-0.3, -0.25) is 4.79 Å². The third-order valence-electron chi connectivity index (χ3n) is 2.56. The molecule has 3 nitrogen and oxygen atoms in total. The number of phenolic OH excluding ortho intramolecular Hbond substituents is 1. The van der Waals surface area contributed by atoms with E-state index < -0.39 is 0 Å². The third kappa shape index (κ3) is 2.46. The summed E-state index contributed by atoms with van der Waals surface area (Å²) < 4.78 is 5.02. The highest BCUT2D eigenvalue weighted by atomic mass is 35.5. The Morgan fingerprint density at radius 2 is 1.72 bits per heavy atom. The summed E-state index contributed by atoms with van der Waals surface area (Å²) in [5.74, 6) is 0.498. The quantitative estimate of drug-likeness (QED) is 0.864. The number of ketones is 1. The molecule has 2 rings (SSSR count). The molecular formula is C14H11ClO3. The molecule has 0 radical (unpaired) electrons. The average Bonchev–Trinajstić information content (AvgIpc) is 2.41. The number of carbonyl (C=O) groups is 1. The Morgan fingerprint density at radius 3 is 2.28 bits per heavy atom. The molecule has 0 heterocycles. The van der Waals surface area contributed by atoms with Gasteiger partial charge in [0.2, 0.25) is 0 Å². The van der Waals surface area contributed by atoms with Crippen molar-refractivity contribution in [3.63, 3.8) is 0 Å². The lowest BCUT2D eigenvalue weighted by Gasteiger charge is -2.04. The summed E-state index contributed by atoms with van der Waals surface area (Å²) in [7, 11) is 1.57. The van der Waals surface area contributed by atoms with Gasteiger partial charge in [-0.2, -0.15) is 0 Å². The van der Waals surface area contributed by atoms with E-state index in [4.69, 9.17) is 16.3 Å². The van der Waals surface area contributed by atoms with Crippen LogP contribution >= 0.6 is 11.6 Å². The van der Waals surface area contributed by atoms with Crippen molar-refractivity contribution in [3.05, 3.63) is 58.6 Å². The molecule has 0 aliphatic carbocycles.